The molecule has 1 fully saturated rings. The van der Waals surface area contributed by atoms with Crippen molar-refractivity contribution in [1.29, 1.82) is 0 Å². The van der Waals surface area contributed by atoms with Gasteiger partial charge >= 0.3 is 23.5 Å². The van der Waals surface area contributed by atoms with Gasteiger partial charge in [0.05, 0.1) is 6.61 Å². The maximum Gasteiger partial charge on any atom is 0.492 e. The summed E-state index contributed by atoms with van der Waals surface area (Å²) in [5, 5.41) is 0. The van der Waals surface area contributed by atoms with Crippen LogP contribution in [-0.4, -0.2) is 16.4 Å². The first-order chi connectivity index (χ1) is 9.18. The van der Waals surface area contributed by atoms with Gasteiger partial charge in [-0.2, -0.15) is 12.9 Å². The van der Waals surface area contributed by atoms with E-state index in [0.29, 0.717) is 6.42 Å². The predicted octanol–water partition coefficient (Wildman–Crippen LogP) is 3.74. The summed E-state index contributed by atoms with van der Waals surface area (Å²) in [6, 6.07) is 0. The second-order valence-electron chi connectivity index (χ2n) is 4.23. The minimum Gasteiger partial charge on any atom is -0.302 e. The summed E-state index contributed by atoms with van der Waals surface area (Å²) in [6.07, 6.45) is 5.63. The highest BCUT2D eigenvalue weighted by molar-refractivity contribution is 7.74. The van der Waals surface area contributed by atoms with E-state index in [4.69, 9.17) is 14.3 Å². The lowest BCUT2D eigenvalue weighted by Gasteiger charge is -2.26. The van der Waals surface area contributed by atoms with Crippen molar-refractivity contribution in [1.82, 2.24) is 0 Å². The Morgan fingerprint density at radius 2 is 1.35 bits per heavy atom. The first-order valence-corrected chi connectivity index (χ1v) is 10.7. The Balaban J connectivity index is 2.36. The molecule has 120 valence electrons. The van der Waals surface area contributed by atoms with Gasteiger partial charge in [-0.05, 0) is 6.42 Å². The molecule has 2 atom stereocenters. The van der Waals surface area contributed by atoms with E-state index in [1.165, 1.54) is 0 Å². The van der Waals surface area contributed by atoms with E-state index in [1.807, 2.05) is 0 Å². The molecule has 0 aromatic carbocycles. The van der Waals surface area contributed by atoms with Crippen LogP contribution in [0.15, 0.2) is 0 Å². The highest BCUT2D eigenvalue weighted by Gasteiger charge is 2.54. The second-order valence-corrected chi connectivity index (χ2v) is 9.22. The first kappa shape index (κ1) is 18.5. The Morgan fingerprint density at radius 1 is 0.850 bits per heavy atom. The SMILES string of the molecule is CCCCCCCCOP1(=O)OP(=O)(O)OP(=O)(O)O1. The van der Waals surface area contributed by atoms with Crippen molar-refractivity contribution in [3.63, 3.8) is 0 Å². The average Bonchev–Trinajstić information content (AvgIpc) is 2.22. The van der Waals surface area contributed by atoms with Crippen molar-refractivity contribution in [2.45, 2.75) is 45.4 Å². The van der Waals surface area contributed by atoms with Crippen LogP contribution < -0.4 is 0 Å². The monoisotopic (exact) mass is 352 g/mol. The third kappa shape index (κ3) is 6.94. The summed E-state index contributed by atoms with van der Waals surface area (Å²) in [6.45, 7) is 2.01. The average molecular weight is 352 g/mol. The molecule has 0 amide bonds. The van der Waals surface area contributed by atoms with Gasteiger partial charge < -0.3 is 9.79 Å². The summed E-state index contributed by atoms with van der Waals surface area (Å²) in [5.41, 5.74) is 0. The van der Waals surface area contributed by atoms with Crippen LogP contribution in [0.25, 0.3) is 0 Å². The molecule has 1 rings (SSSR count). The van der Waals surface area contributed by atoms with Crippen LogP contribution in [-0.2, 0) is 31.2 Å². The molecule has 0 aromatic heterocycles. The smallest absolute Gasteiger partial charge is 0.302 e. The van der Waals surface area contributed by atoms with Crippen LogP contribution in [0, 0.1) is 0 Å². The standard InChI is InChI=1S/C8H19O9P3/c1-2-3-4-5-6-7-8-14-20(13)16-18(9,10)15-19(11,12)17-20/h2-8H2,1H3,(H,9,10)(H,11,12). The van der Waals surface area contributed by atoms with E-state index < -0.39 is 23.5 Å². The molecule has 0 spiro atoms. The summed E-state index contributed by atoms with van der Waals surface area (Å²) in [5.74, 6) is 0. The zero-order valence-corrected chi connectivity index (χ0v) is 13.7. The summed E-state index contributed by atoms with van der Waals surface area (Å²) >= 11 is 0. The first-order valence-electron chi connectivity index (χ1n) is 6.22. The Kier molecular flexibility index (Phi) is 7.06. The van der Waals surface area contributed by atoms with Crippen molar-refractivity contribution >= 4 is 23.5 Å². The van der Waals surface area contributed by atoms with Crippen LogP contribution >= 0.6 is 23.5 Å². The molecule has 1 aliphatic heterocycles. The lowest BCUT2D eigenvalue weighted by Crippen LogP contribution is -2.06. The molecular weight excluding hydrogens is 333 g/mol. The molecular formula is C8H19O9P3. The van der Waals surface area contributed by atoms with Crippen LogP contribution in [0.1, 0.15) is 45.4 Å². The van der Waals surface area contributed by atoms with E-state index in [-0.39, 0.29) is 6.61 Å². The van der Waals surface area contributed by atoms with E-state index in [9.17, 15) is 13.7 Å². The fraction of sp³-hybridized carbons (Fsp3) is 1.00. The number of phosphoric acid groups is 3. The van der Waals surface area contributed by atoms with Gasteiger partial charge in [-0.1, -0.05) is 39.0 Å². The van der Waals surface area contributed by atoms with Crippen LogP contribution in [0.4, 0.5) is 0 Å². The zero-order chi connectivity index (χ0) is 15.3. The van der Waals surface area contributed by atoms with Crippen LogP contribution in [0.2, 0.25) is 0 Å². The molecule has 0 aromatic rings. The number of rotatable bonds is 8. The normalized spacial score (nSPS) is 38.0. The second kappa shape index (κ2) is 7.63. The molecule has 0 aliphatic carbocycles. The molecule has 12 heteroatoms. The molecule has 20 heavy (non-hydrogen) atoms. The highest BCUT2D eigenvalue weighted by Crippen LogP contribution is 2.79. The van der Waals surface area contributed by atoms with Gasteiger partial charge in [0.1, 0.15) is 0 Å². The van der Waals surface area contributed by atoms with Gasteiger partial charge in [-0.3, -0.25) is 4.52 Å². The summed E-state index contributed by atoms with van der Waals surface area (Å²) < 4.78 is 50.7. The number of hydrogen-bond acceptors (Lipinski definition) is 7. The quantitative estimate of drug-likeness (QED) is 0.496. The van der Waals surface area contributed by atoms with Crippen LogP contribution in [0.3, 0.4) is 0 Å². The van der Waals surface area contributed by atoms with Gasteiger partial charge in [-0.25, -0.2) is 13.7 Å². The fourth-order valence-corrected chi connectivity index (χ4v) is 6.49. The maximum absolute atomic E-state index is 11.8. The van der Waals surface area contributed by atoms with Crippen molar-refractivity contribution < 1.29 is 40.9 Å². The topological polar surface area (TPSA) is 129 Å². The van der Waals surface area contributed by atoms with E-state index in [2.05, 4.69) is 19.9 Å². The zero-order valence-electron chi connectivity index (χ0n) is 11.0. The molecule has 0 radical (unpaired) electrons. The van der Waals surface area contributed by atoms with Gasteiger partial charge in [0, 0.05) is 0 Å². The van der Waals surface area contributed by atoms with E-state index in [0.717, 1.165) is 32.1 Å². The Bertz CT molecular complexity index is 422. The van der Waals surface area contributed by atoms with E-state index in [1.54, 1.807) is 0 Å². The van der Waals surface area contributed by atoms with Crippen molar-refractivity contribution in [2.75, 3.05) is 6.61 Å². The number of hydrogen-bond donors (Lipinski definition) is 2. The van der Waals surface area contributed by atoms with Gasteiger partial charge in [0.2, 0.25) is 0 Å². The lowest BCUT2D eigenvalue weighted by molar-refractivity contribution is 0.135. The molecule has 0 bridgehead atoms. The predicted molar refractivity (Wildman–Crippen MR) is 69.8 cm³/mol. The molecule has 1 heterocycles. The van der Waals surface area contributed by atoms with Crippen LogP contribution in [0.5, 0.6) is 0 Å². The Labute approximate surface area is 117 Å². The third-order valence-electron chi connectivity index (χ3n) is 2.36. The highest BCUT2D eigenvalue weighted by atomic mass is 31.3. The Hall–Kier alpha value is 0.450. The van der Waals surface area contributed by atoms with Gasteiger partial charge in [0.15, 0.2) is 0 Å². The molecule has 2 unspecified atom stereocenters. The van der Waals surface area contributed by atoms with Crippen molar-refractivity contribution in [2.24, 2.45) is 0 Å². The number of unbranched alkanes of at least 4 members (excludes halogenated alkanes) is 5. The van der Waals surface area contributed by atoms with Gasteiger partial charge in [0.25, 0.3) is 0 Å². The van der Waals surface area contributed by atoms with Crippen molar-refractivity contribution in [3.05, 3.63) is 0 Å². The summed E-state index contributed by atoms with van der Waals surface area (Å²) in [4.78, 5) is 18.0. The van der Waals surface area contributed by atoms with E-state index >= 15 is 0 Å². The minimum absolute atomic E-state index is 0.0800. The fourth-order valence-electron chi connectivity index (χ4n) is 1.53. The lowest BCUT2D eigenvalue weighted by atomic mass is 10.1. The van der Waals surface area contributed by atoms with Gasteiger partial charge in [-0.15, -0.1) is 0 Å². The molecule has 9 nitrogen and oxygen atoms in total. The maximum atomic E-state index is 11.8. The van der Waals surface area contributed by atoms with Crippen molar-refractivity contribution in [3.8, 4) is 0 Å². The molecule has 1 aliphatic rings. The largest absolute Gasteiger partial charge is 0.492 e. The molecule has 1 saturated heterocycles. The third-order valence-corrected chi connectivity index (χ3v) is 7.76. The Morgan fingerprint density at radius 3 is 1.90 bits per heavy atom. The molecule has 0 saturated carbocycles. The molecule has 2 N–H and O–H groups in total. The minimum atomic E-state index is -4.93. The summed E-state index contributed by atoms with van der Waals surface area (Å²) in [7, 11) is -14.4.